The molecule has 2 N–H and O–H groups in total. The van der Waals surface area contributed by atoms with Gasteiger partial charge in [0.05, 0.1) is 0 Å². The van der Waals surface area contributed by atoms with E-state index < -0.39 is 0 Å². The Bertz CT molecular complexity index is 501. The van der Waals surface area contributed by atoms with Crippen molar-refractivity contribution in [2.24, 2.45) is 5.73 Å². The topological polar surface area (TPSA) is 51.8 Å². The molecular weight excluding hydrogens is 257 g/mol. The van der Waals surface area contributed by atoms with Gasteiger partial charge in [-0.05, 0) is 24.6 Å². The summed E-state index contributed by atoms with van der Waals surface area (Å²) in [5.74, 6) is -0.241. The van der Waals surface area contributed by atoms with Crippen LogP contribution in [0.3, 0.4) is 0 Å². The fourth-order valence-corrected chi connectivity index (χ4v) is 3.44. The lowest BCUT2D eigenvalue weighted by Gasteiger charge is -2.12. The van der Waals surface area contributed by atoms with Gasteiger partial charge in [0.2, 0.25) is 0 Å². The lowest BCUT2D eigenvalue weighted by atomic mass is 10.1. The Morgan fingerprint density at radius 3 is 2.88 bits per heavy atom. The Morgan fingerprint density at radius 2 is 2.29 bits per heavy atom. The van der Waals surface area contributed by atoms with Gasteiger partial charge < -0.3 is 5.73 Å². The van der Waals surface area contributed by atoms with E-state index in [2.05, 4.69) is 10.2 Å². The Kier molecular flexibility index (Phi) is 4.09. The molecule has 1 atom stereocenters. The van der Waals surface area contributed by atoms with Gasteiger partial charge >= 0.3 is 0 Å². The minimum absolute atomic E-state index is 0.0121. The molecule has 0 saturated carbocycles. The van der Waals surface area contributed by atoms with Gasteiger partial charge in [0.25, 0.3) is 0 Å². The minimum Gasteiger partial charge on any atom is -0.329 e. The highest BCUT2D eigenvalue weighted by Gasteiger charge is 2.14. The molecule has 0 radical (unpaired) electrons. The lowest BCUT2D eigenvalue weighted by Crippen LogP contribution is -2.09. The summed E-state index contributed by atoms with van der Waals surface area (Å²) in [6.07, 6.45) is 0. The third-order valence-corrected chi connectivity index (χ3v) is 4.39. The zero-order chi connectivity index (χ0) is 12.3. The number of rotatable bonds is 4. The molecule has 1 unspecified atom stereocenters. The van der Waals surface area contributed by atoms with Crippen molar-refractivity contribution in [3.63, 3.8) is 0 Å². The Morgan fingerprint density at radius 1 is 1.47 bits per heavy atom. The van der Waals surface area contributed by atoms with E-state index in [9.17, 15) is 4.39 Å². The number of nitrogens with zero attached hydrogens (tertiary/aromatic N) is 2. The number of aryl methyl sites for hydroxylation is 1. The third-order valence-electron chi connectivity index (χ3n) is 2.19. The molecule has 1 aromatic heterocycles. The number of hydrogen-bond acceptors (Lipinski definition) is 5. The first-order valence-electron chi connectivity index (χ1n) is 5.11. The molecule has 3 nitrogen and oxygen atoms in total. The average Bonchev–Trinajstić information content (AvgIpc) is 2.72. The van der Waals surface area contributed by atoms with Crippen molar-refractivity contribution >= 4 is 23.1 Å². The largest absolute Gasteiger partial charge is 0.329 e. The van der Waals surface area contributed by atoms with E-state index in [4.69, 9.17) is 5.73 Å². The molecule has 0 aliphatic heterocycles. The summed E-state index contributed by atoms with van der Waals surface area (Å²) in [5.41, 5.74) is 6.60. The van der Waals surface area contributed by atoms with Crippen LogP contribution in [0.1, 0.15) is 15.8 Å². The van der Waals surface area contributed by atoms with Crippen molar-refractivity contribution in [1.29, 1.82) is 0 Å². The van der Waals surface area contributed by atoms with Crippen LogP contribution in [0.25, 0.3) is 0 Å². The van der Waals surface area contributed by atoms with Gasteiger partial charge in [-0.15, -0.1) is 10.2 Å². The molecular formula is C11H12FN3S2. The highest BCUT2D eigenvalue weighted by Crippen LogP contribution is 2.35. The Balaban J connectivity index is 2.16. The van der Waals surface area contributed by atoms with Gasteiger partial charge in [-0.2, -0.15) is 0 Å². The van der Waals surface area contributed by atoms with Crippen molar-refractivity contribution in [3.8, 4) is 0 Å². The molecule has 1 aromatic carbocycles. The fraction of sp³-hybridized carbons (Fsp3) is 0.273. The van der Waals surface area contributed by atoms with Gasteiger partial charge in [-0.25, -0.2) is 4.39 Å². The first-order chi connectivity index (χ1) is 8.19. The molecule has 90 valence electrons. The van der Waals surface area contributed by atoms with Crippen LogP contribution >= 0.6 is 23.1 Å². The van der Waals surface area contributed by atoms with Crippen LogP contribution in [0.4, 0.5) is 4.39 Å². The zero-order valence-corrected chi connectivity index (χ0v) is 10.9. The van der Waals surface area contributed by atoms with Crippen LogP contribution in [0.2, 0.25) is 0 Å². The predicted octanol–water partition coefficient (Wildman–Crippen LogP) is 2.78. The molecule has 6 heteroatoms. The first-order valence-corrected chi connectivity index (χ1v) is 6.81. The number of halogens is 1. The van der Waals surface area contributed by atoms with Gasteiger partial charge in [-0.3, -0.25) is 0 Å². The van der Waals surface area contributed by atoms with E-state index in [0.29, 0.717) is 6.54 Å². The molecule has 0 fully saturated rings. The van der Waals surface area contributed by atoms with Crippen molar-refractivity contribution in [2.75, 3.05) is 6.54 Å². The zero-order valence-electron chi connectivity index (χ0n) is 9.26. The van der Waals surface area contributed by atoms with Crippen LogP contribution in [-0.4, -0.2) is 16.7 Å². The second kappa shape index (κ2) is 5.57. The van der Waals surface area contributed by atoms with Crippen molar-refractivity contribution < 1.29 is 4.39 Å². The predicted molar refractivity (Wildman–Crippen MR) is 68.7 cm³/mol. The highest BCUT2D eigenvalue weighted by atomic mass is 32.2. The summed E-state index contributed by atoms with van der Waals surface area (Å²) < 4.78 is 14.0. The Labute approximate surface area is 107 Å². The molecule has 0 saturated heterocycles. The monoisotopic (exact) mass is 269 g/mol. The molecule has 0 bridgehead atoms. The average molecular weight is 269 g/mol. The van der Waals surface area contributed by atoms with Gasteiger partial charge in [0.15, 0.2) is 4.34 Å². The van der Waals surface area contributed by atoms with Crippen LogP contribution in [0.5, 0.6) is 0 Å². The molecule has 1 heterocycles. The number of benzene rings is 1. The number of nitrogens with two attached hydrogens (primary N) is 1. The summed E-state index contributed by atoms with van der Waals surface area (Å²) in [4.78, 5) is 0. The molecule has 0 amide bonds. The number of aromatic nitrogens is 2. The molecule has 17 heavy (non-hydrogen) atoms. The standard InChI is InChI=1S/C11H12FN3S2/c1-7-14-15-11(16-7)17-10(6-13)8-3-2-4-9(12)5-8/h2-5,10H,6,13H2,1H3. The minimum atomic E-state index is -0.241. The summed E-state index contributed by atoms with van der Waals surface area (Å²) in [7, 11) is 0. The summed E-state index contributed by atoms with van der Waals surface area (Å²) >= 11 is 3.05. The van der Waals surface area contributed by atoms with E-state index in [0.717, 1.165) is 14.9 Å². The van der Waals surface area contributed by atoms with E-state index >= 15 is 0 Å². The second-order valence-electron chi connectivity index (χ2n) is 3.48. The summed E-state index contributed by atoms with van der Waals surface area (Å²) in [6, 6.07) is 6.51. The van der Waals surface area contributed by atoms with Crippen molar-refractivity contribution in [3.05, 3.63) is 40.7 Å². The van der Waals surface area contributed by atoms with Gasteiger partial charge in [0.1, 0.15) is 10.8 Å². The lowest BCUT2D eigenvalue weighted by molar-refractivity contribution is 0.625. The van der Waals surface area contributed by atoms with Gasteiger partial charge in [0, 0.05) is 11.8 Å². The highest BCUT2D eigenvalue weighted by molar-refractivity contribution is 8.01. The maximum Gasteiger partial charge on any atom is 0.174 e. The molecule has 2 rings (SSSR count). The molecule has 2 aromatic rings. The maximum atomic E-state index is 13.1. The van der Waals surface area contributed by atoms with E-state index in [1.165, 1.54) is 35.2 Å². The maximum absolute atomic E-state index is 13.1. The first kappa shape index (κ1) is 12.5. The van der Waals surface area contributed by atoms with E-state index in [1.807, 2.05) is 13.0 Å². The van der Waals surface area contributed by atoms with E-state index in [1.54, 1.807) is 6.07 Å². The summed E-state index contributed by atoms with van der Waals surface area (Å²) in [5, 5.41) is 8.91. The van der Waals surface area contributed by atoms with Crippen LogP contribution < -0.4 is 5.73 Å². The van der Waals surface area contributed by atoms with Crippen LogP contribution in [0.15, 0.2) is 28.6 Å². The van der Waals surface area contributed by atoms with Crippen LogP contribution in [-0.2, 0) is 0 Å². The second-order valence-corrected chi connectivity index (χ2v) is 6.12. The molecule has 0 spiro atoms. The number of hydrogen-bond donors (Lipinski definition) is 1. The quantitative estimate of drug-likeness (QED) is 0.867. The van der Waals surface area contributed by atoms with Crippen LogP contribution in [0, 0.1) is 12.7 Å². The normalized spacial score (nSPS) is 12.6. The smallest absolute Gasteiger partial charge is 0.174 e. The Hall–Kier alpha value is -0.980. The van der Waals surface area contributed by atoms with E-state index in [-0.39, 0.29) is 11.1 Å². The fourth-order valence-electron chi connectivity index (χ4n) is 1.41. The van der Waals surface area contributed by atoms with Crippen molar-refractivity contribution in [2.45, 2.75) is 16.5 Å². The molecule has 0 aliphatic rings. The number of thioether (sulfide) groups is 1. The van der Waals surface area contributed by atoms with Gasteiger partial charge in [-0.1, -0.05) is 35.2 Å². The summed E-state index contributed by atoms with van der Waals surface area (Å²) in [6.45, 7) is 2.34. The third kappa shape index (κ3) is 3.24. The van der Waals surface area contributed by atoms with Crippen molar-refractivity contribution in [1.82, 2.24) is 10.2 Å². The molecule has 0 aliphatic carbocycles. The SMILES string of the molecule is Cc1nnc(SC(CN)c2cccc(F)c2)s1.